The molecule has 0 radical (unpaired) electrons. The molecular weight excluding hydrogens is 116 g/mol. The third-order valence-electron chi connectivity index (χ3n) is 0.891. The quantitative estimate of drug-likeness (QED) is 0.414. The molecule has 50 valence electrons. The van der Waals surface area contributed by atoms with E-state index in [0.717, 1.165) is 0 Å². The van der Waals surface area contributed by atoms with Gasteiger partial charge < -0.3 is 0 Å². The Balaban J connectivity index is 3.59. The third kappa shape index (κ3) is 3.95. The summed E-state index contributed by atoms with van der Waals surface area (Å²) in [5, 5.41) is 0. The molecule has 0 unspecified atom stereocenters. The van der Waals surface area contributed by atoms with Crippen LogP contribution in [-0.4, -0.2) is 5.60 Å². The summed E-state index contributed by atoms with van der Waals surface area (Å²) in [6.07, 6.45) is 2.50. The van der Waals surface area contributed by atoms with E-state index in [2.05, 4.69) is 25.5 Å². The number of hydrogen-bond donors (Lipinski definition) is 0. The fourth-order valence-electron chi connectivity index (χ4n) is 0.462. The zero-order chi connectivity index (χ0) is 7.33. The van der Waals surface area contributed by atoms with Crippen LogP contribution < -0.4 is 0 Å². The monoisotopic (exact) mass is 126 g/mol. The van der Waals surface area contributed by atoms with Crippen molar-refractivity contribution in [1.82, 2.24) is 0 Å². The first-order valence-corrected chi connectivity index (χ1v) is 2.67. The Morgan fingerprint density at radius 1 is 1.78 bits per heavy atom. The molecule has 9 heavy (non-hydrogen) atoms. The van der Waals surface area contributed by atoms with Crippen LogP contribution in [0.1, 0.15) is 12.8 Å². The van der Waals surface area contributed by atoms with Crippen LogP contribution in [0.2, 0.25) is 0 Å². The minimum atomic E-state index is -0.885. The second kappa shape index (κ2) is 3.44. The average molecular weight is 126 g/mol. The molecule has 0 aliphatic carbocycles. The van der Waals surface area contributed by atoms with Gasteiger partial charge in [-0.1, -0.05) is 0 Å². The first kappa shape index (κ1) is 8.41. The summed E-state index contributed by atoms with van der Waals surface area (Å²) in [6.45, 7) is 10.6. The van der Waals surface area contributed by atoms with Crippen molar-refractivity contribution >= 4 is 0 Å². The van der Waals surface area contributed by atoms with Gasteiger partial charge in [0.25, 0.3) is 0 Å². The van der Waals surface area contributed by atoms with Crippen molar-refractivity contribution < 1.29 is 9.39 Å². The van der Waals surface area contributed by atoms with Gasteiger partial charge in [0.1, 0.15) is 0 Å². The molecule has 0 atom stereocenters. The standard InChI is InChI=1S/C7H10O2/c1-4-5-7(2,3)9-6-8/h1-5H2. The topological polar surface area (TPSA) is 29.1 Å². The van der Waals surface area contributed by atoms with Crippen molar-refractivity contribution in [1.29, 1.82) is 0 Å². The van der Waals surface area contributed by atoms with Crippen LogP contribution in [0.25, 0.3) is 0 Å². The van der Waals surface area contributed by atoms with Crippen molar-refractivity contribution in [3.63, 3.8) is 0 Å². The van der Waals surface area contributed by atoms with Gasteiger partial charge in [-0.05, 0) is 0 Å². The van der Waals surface area contributed by atoms with E-state index in [4.69, 9.17) is 0 Å². The maximum atomic E-state index is 9.65. The van der Waals surface area contributed by atoms with E-state index in [1.54, 1.807) is 0 Å². The first-order valence-electron chi connectivity index (χ1n) is 2.67. The molecule has 0 amide bonds. The van der Waals surface area contributed by atoms with Crippen molar-refractivity contribution in [2.75, 3.05) is 0 Å². The third-order valence-corrected chi connectivity index (χ3v) is 0.891. The zero-order valence-corrected chi connectivity index (χ0v) is 5.35. The van der Waals surface area contributed by atoms with E-state index < -0.39 is 5.60 Å². The van der Waals surface area contributed by atoms with Crippen molar-refractivity contribution in [2.24, 2.45) is 0 Å². The molecule has 0 N–H and O–H groups in total. The Morgan fingerprint density at radius 3 is 2.67 bits per heavy atom. The molecule has 0 spiro atoms. The molecule has 0 saturated heterocycles. The summed E-state index contributed by atoms with van der Waals surface area (Å²) in [6, 6.07) is 0. The molecule has 2 nitrogen and oxygen atoms in total. The van der Waals surface area contributed by atoms with Gasteiger partial charge >= 0.3 is 54.9 Å². The van der Waals surface area contributed by atoms with Crippen LogP contribution in [0.15, 0.2) is 0 Å². The van der Waals surface area contributed by atoms with Gasteiger partial charge in [-0.2, -0.15) is 0 Å². The van der Waals surface area contributed by atoms with E-state index in [0.29, 0.717) is 12.8 Å². The van der Waals surface area contributed by atoms with Crippen LogP contribution in [-0.2, 0) is 9.39 Å². The molecule has 2 heteroatoms. The molecule has 0 saturated carbocycles. The Kier molecular flexibility index (Phi) is 3.21. The van der Waals surface area contributed by atoms with E-state index in [-0.39, 0.29) is 0 Å². The van der Waals surface area contributed by atoms with E-state index in [9.17, 15) is 4.65 Å². The van der Waals surface area contributed by atoms with Crippen LogP contribution in [0, 0.1) is 27.1 Å². The molecule has 0 rings (SSSR count). The normalized spacial score (nSPS) is 15.7. The first-order chi connectivity index (χ1) is 4.12. The fourth-order valence-corrected chi connectivity index (χ4v) is 0.462. The Bertz CT molecular complexity index is 111. The number of rotatable bonds is 3. The molecule has 0 aromatic rings. The van der Waals surface area contributed by atoms with Gasteiger partial charge in [0.2, 0.25) is 0 Å². The predicted molar refractivity (Wildman–Crippen MR) is 33.7 cm³/mol. The Hall–Kier alpha value is -0.590. The Labute approximate surface area is 55.9 Å². The number of ether oxygens (including phenoxy) is 1. The summed E-state index contributed by atoms with van der Waals surface area (Å²) in [4.78, 5) is 0. The van der Waals surface area contributed by atoms with Crippen molar-refractivity contribution in [3.8, 4) is 6.33 Å². The van der Waals surface area contributed by atoms with Gasteiger partial charge in [-0.25, -0.2) is 0 Å². The summed E-state index contributed by atoms with van der Waals surface area (Å²) in [5.41, 5.74) is -0.885. The van der Waals surface area contributed by atoms with Crippen molar-refractivity contribution in [3.05, 3.63) is 20.8 Å². The molecule has 0 aromatic carbocycles. The average Bonchev–Trinajstić information content (AvgIpc) is 1.64. The van der Waals surface area contributed by atoms with E-state index in [1.165, 1.54) is 6.33 Å². The zero-order valence-electron chi connectivity index (χ0n) is 5.35. The van der Waals surface area contributed by atoms with Crippen LogP contribution in [0.3, 0.4) is 0 Å². The summed E-state index contributed by atoms with van der Waals surface area (Å²) in [5.74, 6) is 0. The summed E-state index contributed by atoms with van der Waals surface area (Å²) >= 11 is 0. The summed E-state index contributed by atoms with van der Waals surface area (Å²) in [7, 11) is 0. The van der Waals surface area contributed by atoms with E-state index in [1.807, 2.05) is 0 Å². The van der Waals surface area contributed by atoms with Gasteiger partial charge in [0.15, 0.2) is 0 Å². The minimum absolute atomic E-state index is 0.558. The van der Waals surface area contributed by atoms with Crippen LogP contribution in [0.4, 0.5) is 0 Å². The van der Waals surface area contributed by atoms with Gasteiger partial charge in [0.05, 0.1) is 0 Å². The van der Waals surface area contributed by atoms with Gasteiger partial charge in [-0.15, -0.1) is 0 Å². The maximum absolute atomic E-state index is 9.65. The second-order valence-electron chi connectivity index (χ2n) is 1.97. The number of hydrogen-bond acceptors (Lipinski definition) is 1. The van der Waals surface area contributed by atoms with Crippen molar-refractivity contribution in [2.45, 2.75) is 18.4 Å². The molecule has 0 fully saturated rings. The van der Waals surface area contributed by atoms with Gasteiger partial charge in [-0.3, -0.25) is 0 Å². The predicted octanol–water partition coefficient (Wildman–Crippen LogP) is 1.37. The molecule has 0 aliphatic rings. The van der Waals surface area contributed by atoms with Gasteiger partial charge in [0, 0.05) is 0 Å². The molecule has 0 aliphatic heterocycles. The Morgan fingerprint density at radius 2 is 2.33 bits per heavy atom. The molecule has 0 heterocycles. The molecular formula is C7H10O2. The molecule has 0 aromatic heterocycles. The fraction of sp³-hybridized carbons (Fsp3) is 0.429. The van der Waals surface area contributed by atoms with Crippen LogP contribution in [0.5, 0.6) is 0 Å². The molecule has 0 bridgehead atoms. The van der Waals surface area contributed by atoms with E-state index >= 15 is 0 Å². The second-order valence-corrected chi connectivity index (χ2v) is 1.97. The summed E-state index contributed by atoms with van der Waals surface area (Å²) < 4.78 is 14.0. The van der Waals surface area contributed by atoms with Crippen LogP contribution >= 0.6 is 0 Å². The SMILES string of the molecule is [CH2+]C([CH2-])(CC[CH2-])OC#[O+].